The zero-order valence-electron chi connectivity index (χ0n) is 19.5. The van der Waals surface area contributed by atoms with Gasteiger partial charge in [-0.15, -0.1) is 0 Å². The Kier molecular flexibility index (Phi) is 8.39. The Balaban J connectivity index is 1.50. The lowest BCUT2D eigenvalue weighted by molar-refractivity contribution is -0.118. The van der Waals surface area contributed by atoms with Crippen LogP contribution in [0.2, 0.25) is 0 Å². The SMILES string of the molecule is Cc1c(CN2CCSCC2)cccc1NC(=O)[C@H](Cc1ccccc1)NC(=O)c1ccccc1. The molecule has 0 spiro atoms. The van der Waals surface area contributed by atoms with Crippen molar-refractivity contribution in [3.63, 3.8) is 0 Å². The first-order valence-electron chi connectivity index (χ1n) is 11.7. The molecule has 3 aromatic rings. The summed E-state index contributed by atoms with van der Waals surface area (Å²) >= 11 is 2.00. The Morgan fingerprint density at radius 1 is 0.912 bits per heavy atom. The van der Waals surface area contributed by atoms with Crippen LogP contribution in [-0.4, -0.2) is 47.4 Å². The molecule has 1 heterocycles. The third kappa shape index (κ3) is 6.49. The van der Waals surface area contributed by atoms with Crippen LogP contribution in [0.5, 0.6) is 0 Å². The molecule has 6 heteroatoms. The van der Waals surface area contributed by atoms with E-state index in [4.69, 9.17) is 0 Å². The molecule has 1 atom stereocenters. The van der Waals surface area contributed by atoms with E-state index in [9.17, 15) is 9.59 Å². The van der Waals surface area contributed by atoms with E-state index >= 15 is 0 Å². The second-order valence-electron chi connectivity index (χ2n) is 8.55. The normalized spacial score (nSPS) is 14.9. The molecule has 34 heavy (non-hydrogen) atoms. The number of benzene rings is 3. The molecule has 1 aliphatic rings. The van der Waals surface area contributed by atoms with Crippen LogP contribution >= 0.6 is 11.8 Å². The average molecular weight is 474 g/mol. The van der Waals surface area contributed by atoms with Crippen LogP contribution in [0.25, 0.3) is 0 Å². The van der Waals surface area contributed by atoms with Gasteiger partial charge in [-0.3, -0.25) is 14.5 Å². The minimum atomic E-state index is -0.697. The Bertz CT molecular complexity index is 1100. The van der Waals surface area contributed by atoms with Gasteiger partial charge in [0.05, 0.1) is 0 Å². The Labute approximate surface area is 205 Å². The molecule has 0 aliphatic carbocycles. The highest BCUT2D eigenvalue weighted by Crippen LogP contribution is 2.22. The molecule has 176 valence electrons. The monoisotopic (exact) mass is 473 g/mol. The number of nitrogens with zero attached hydrogens (tertiary/aromatic N) is 1. The van der Waals surface area contributed by atoms with Crippen molar-refractivity contribution in [1.29, 1.82) is 0 Å². The maximum Gasteiger partial charge on any atom is 0.251 e. The molecule has 1 fully saturated rings. The van der Waals surface area contributed by atoms with E-state index in [1.165, 1.54) is 5.56 Å². The quantitative estimate of drug-likeness (QED) is 0.505. The minimum absolute atomic E-state index is 0.220. The van der Waals surface area contributed by atoms with E-state index < -0.39 is 6.04 Å². The fourth-order valence-electron chi connectivity index (χ4n) is 4.10. The van der Waals surface area contributed by atoms with Crippen LogP contribution in [0.15, 0.2) is 78.9 Å². The molecule has 5 nitrogen and oxygen atoms in total. The van der Waals surface area contributed by atoms with Gasteiger partial charge in [-0.25, -0.2) is 0 Å². The Hall–Kier alpha value is -3.09. The Morgan fingerprint density at radius 3 is 2.29 bits per heavy atom. The molecule has 4 rings (SSSR count). The number of rotatable bonds is 8. The maximum atomic E-state index is 13.4. The third-order valence-corrected chi connectivity index (χ3v) is 7.08. The number of nitrogens with one attached hydrogen (secondary N) is 2. The van der Waals surface area contributed by atoms with Gasteiger partial charge < -0.3 is 10.6 Å². The fourth-order valence-corrected chi connectivity index (χ4v) is 5.08. The van der Waals surface area contributed by atoms with Crippen molar-refractivity contribution >= 4 is 29.3 Å². The first-order chi connectivity index (χ1) is 16.6. The maximum absolute atomic E-state index is 13.4. The Morgan fingerprint density at radius 2 is 1.59 bits per heavy atom. The number of hydrogen-bond donors (Lipinski definition) is 2. The summed E-state index contributed by atoms with van der Waals surface area (Å²) in [6.45, 7) is 5.11. The van der Waals surface area contributed by atoms with Crippen molar-refractivity contribution in [3.05, 3.63) is 101 Å². The minimum Gasteiger partial charge on any atom is -0.340 e. The highest BCUT2D eigenvalue weighted by molar-refractivity contribution is 7.99. The van der Waals surface area contributed by atoms with Crippen LogP contribution < -0.4 is 10.6 Å². The molecule has 1 aliphatic heterocycles. The zero-order chi connectivity index (χ0) is 23.8. The summed E-state index contributed by atoms with van der Waals surface area (Å²) in [7, 11) is 0. The van der Waals surface area contributed by atoms with E-state index in [1.54, 1.807) is 12.1 Å². The average Bonchev–Trinajstić information content (AvgIpc) is 2.88. The lowest BCUT2D eigenvalue weighted by Crippen LogP contribution is -2.45. The van der Waals surface area contributed by atoms with Gasteiger partial charge in [-0.05, 0) is 41.8 Å². The second kappa shape index (κ2) is 11.9. The number of carbonyl (C=O) groups is 2. The van der Waals surface area contributed by atoms with Crippen LogP contribution in [0.3, 0.4) is 0 Å². The summed E-state index contributed by atoms with van der Waals surface area (Å²) < 4.78 is 0. The van der Waals surface area contributed by atoms with Crippen molar-refractivity contribution in [2.24, 2.45) is 0 Å². The summed E-state index contributed by atoms with van der Waals surface area (Å²) in [6.07, 6.45) is 0.412. The van der Waals surface area contributed by atoms with Gasteiger partial charge in [-0.2, -0.15) is 11.8 Å². The highest BCUT2D eigenvalue weighted by Gasteiger charge is 2.23. The van der Waals surface area contributed by atoms with Gasteiger partial charge in [-0.1, -0.05) is 60.7 Å². The van der Waals surface area contributed by atoms with Gasteiger partial charge in [0.2, 0.25) is 5.91 Å². The molecule has 2 amide bonds. The summed E-state index contributed by atoms with van der Waals surface area (Å²) in [5.74, 6) is 1.85. The van der Waals surface area contributed by atoms with Crippen LogP contribution in [-0.2, 0) is 17.8 Å². The lowest BCUT2D eigenvalue weighted by Gasteiger charge is -2.27. The largest absolute Gasteiger partial charge is 0.340 e. The van der Waals surface area contributed by atoms with Crippen LogP contribution in [0.1, 0.15) is 27.0 Å². The number of hydrogen-bond acceptors (Lipinski definition) is 4. The smallest absolute Gasteiger partial charge is 0.251 e. The molecule has 1 saturated heterocycles. The fraction of sp³-hybridized carbons (Fsp3) is 0.286. The molecular formula is C28H31N3O2S. The van der Waals surface area contributed by atoms with Gasteiger partial charge in [0, 0.05) is 48.8 Å². The van der Waals surface area contributed by atoms with Gasteiger partial charge >= 0.3 is 0 Å². The number of anilines is 1. The highest BCUT2D eigenvalue weighted by atomic mass is 32.2. The summed E-state index contributed by atoms with van der Waals surface area (Å²) in [4.78, 5) is 28.7. The molecule has 0 aromatic heterocycles. The molecule has 0 radical (unpaired) electrons. The van der Waals surface area contributed by atoms with Gasteiger partial charge in [0.1, 0.15) is 6.04 Å². The van der Waals surface area contributed by atoms with E-state index in [1.807, 2.05) is 72.4 Å². The second-order valence-corrected chi connectivity index (χ2v) is 9.77. The molecule has 0 saturated carbocycles. The lowest BCUT2D eigenvalue weighted by atomic mass is 10.0. The predicted octanol–water partition coefficient (Wildman–Crippen LogP) is 4.52. The standard InChI is InChI=1S/C28H31N3O2S/c1-21-24(20-31-15-17-34-18-16-31)13-8-14-25(21)29-28(33)26(19-22-9-4-2-5-10-22)30-27(32)23-11-6-3-7-12-23/h2-14,26H,15-20H2,1H3,(H,29,33)(H,30,32)/t26-/m0/s1. The first-order valence-corrected chi connectivity index (χ1v) is 12.8. The molecule has 2 N–H and O–H groups in total. The topological polar surface area (TPSA) is 61.4 Å². The van der Waals surface area contributed by atoms with Crippen LogP contribution in [0, 0.1) is 6.92 Å². The van der Waals surface area contributed by atoms with E-state index in [2.05, 4.69) is 28.5 Å². The molecular weight excluding hydrogens is 442 g/mol. The van der Waals surface area contributed by atoms with E-state index in [0.29, 0.717) is 12.0 Å². The van der Waals surface area contributed by atoms with Crippen molar-refractivity contribution in [1.82, 2.24) is 10.2 Å². The number of amides is 2. The first kappa shape index (κ1) is 24.0. The van der Waals surface area contributed by atoms with E-state index in [0.717, 1.165) is 48.0 Å². The van der Waals surface area contributed by atoms with Crippen molar-refractivity contribution in [2.45, 2.75) is 25.9 Å². The molecule has 0 unspecified atom stereocenters. The summed E-state index contributed by atoms with van der Waals surface area (Å²) in [6, 6.07) is 24.1. The van der Waals surface area contributed by atoms with Crippen molar-refractivity contribution in [2.75, 3.05) is 29.9 Å². The third-order valence-electron chi connectivity index (χ3n) is 6.14. The van der Waals surface area contributed by atoms with Gasteiger partial charge in [0.15, 0.2) is 0 Å². The predicted molar refractivity (Wildman–Crippen MR) is 140 cm³/mol. The van der Waals surface area contributed by atoms with E-state index in [-0.39, 0.29) is 11.8 Å². The number of thioether (sulfide) groups is 1. The van der Waals surface area contributed by atoms with Crippen LogP contribution in [0.4, 0.5) is 5.69 Å². The molecule has 0 bridgehead atoms. The van der Waals surface area contributed by atoms with Gasteiger partial charge in [0.25, 0.3) is 5.91 Å². The molecule has 3 aromatic carbocycles. The van der Waals surface area contributed by atoms with Crippen molar-refractivity contribution in [3.8, 4) is 0 Å². The summed E-state index contributed by atoms with van der Waals surface area (Å²) in [5.41, 5.74) is 4.61. The van der Waals surface area contributed by atoms with Crippen molar-refractivity contribution < 1.29 is 9.59 Å². The number of carbonyl (C=O) groups excluding carboxylic acids is 2. The summed E-state index contributed by atoms with van der Waals surface area (Å²) in [5, 5.41) is 6.03. The zero-order valence-corrected chi connectivity index (χ0v) is 20.3.